The van der Waals surface area contributed by atoms with Gasteiger partial charge in [-0.1, -0.05) is 57.5 Å². The Labute approximate surface area is 156 Å². The van der Waals surface area contributed by atoms with Gasteiger partial charge in [0.05, 0.1) is 5.69 Å². The summed E-state index contributed by atoms with van der Waals surface area (Å²) in [5.74, 6) is 0. The summed E-state index contributed by atoms with van der Waals surface area (Å²) in [5, 5.41) is 0. The van der Waals surface area contributed by atoms with Gasteiger partial charge in [-0.3, -0.25) is 4.99 Å². The van der Waals surface area contributed by atoms with E-state index in [1.165, 1.54) is 20.9 Å². The van der Waals surface area contributed by atoms with Crippen molar-refractivity contribution in [2.24, 2.45) is 4.99 Å². The van der Waals surface area contributed by atoms with Gasteiger partial charge in [-0.15, -0.1) is 0 Å². The van der Waals surface area contributed by atoms with Crippen molar-refractivity contribution in [1.29, 1.82) is 0 Å². The molecule has 0 aliphatic rings. The highest BCUT2D eigenvalue weighted by atomic mass is 79.9. The van der Waals surface area contributed by atoms with Crippen molar-refractivity contribution in [1.82, 2.24) is 0 Å². The van der Waals surface area contributed by atoms with Crippen molar-refractivity contribution in [3.8, 4) is 0 Å². The van der Waals surface area contributed by atoms with Crippen LogP contribution in [0.2, 0.25) is 0 Å². The van der Waals surface area contributed by atoms with E-state index in [1.54, 1.807) is 11.8 Å². The number of nitrogens with zero attached hydrogens (tertiary/aromatic N) is 1. The van der Waals surface area contributed by atoms with Crippen LogP contribution in [-0.4, -0.2) is 6.21 Å². The van der Waals surface area contributed by atoms with Crippen LogP contribution in [0.1, 0.15) is 16.7 Å². The van der Waals surface area contributed by atoms with Gasteiger partial charge < -0.3 is 0 Å². The number of aliphatic imine (C=N–C) groups is 1. The molecule has 0 radical (unpaired) electrons. The van der Waals surface area contributed by atoms with Crippen molar-refractivity contribution < 1.29 is 0 Å². The monoisotopic (exact) mass is 395 g/mol. The minimum Gasteiger partial charge on any atom is -0.256 e. The van der Waals surface area contributed by atoms with Gasteiger partial charge in [0.1, 0.15) is 0 Å². The molecule has 0 aliphatic heterocycles. The van der Waals surface area contributed by atoms with Crippen molar-refractivity contribution >= 4 is 39.6 Å². The molecule has 0 saturated heterocycles. The van der Waals surface area contributed by atoms with Crippen LogP contribution in [0.4, 0.5) is 5.69 Å². The second kappa shape index (κ2) is 7.82. The molecule has 3 rings (SSSR count). The van der Waals surface area contributed by atoms with Crippen LogP contribution in [0.15, 0.2) is 86.0 Å². The fourth-order valence-electron chi connectivity index (χ4n) is 2.22. The van der Waals surface area contributed by atoms with Crippen LogP contribution < -0.4 is 0 Å². The minimum atomic E-state index is 0.966. The predicted octanol–water partition coefficient (Wildman–Crippen LogP) is 6.97. The third kappa shape index (κ3) is 4.59. The van der Waals surface area contributed by atoms with E-state index >= 15 is 0 Å². The first-order valence-electron chi connectivity index (χ1n) is 7.75. The molecule has 3 aromatic rings. The molecule has 0 spiro atoms. The summed E-state index contributed by atoms with van der Waals surface area (Å²) in [6, 6.07) is 23.2. The molecule has 0 fully saturated rings. The van der Waals surface area contributed by atoms with E-state index in [9.17, 15) is 0 Å². The fourth-order valence-corrected chi connectivity index (χ4v) is 3.29. The number of rotatable bonds is 4. The molecule has 0 atom stereocenters. The Balaban J connectivity index is 1.68. The van der Waals surface area contributed by atoms with Gasteiger partial charge in [0.15, 0.2) is 0 Å². The van der Waals surface area contributed by atoms with E-state index < -0.39 is 0 Å². The van der Waals surface area contributed by atoms with Crippen LogP contribution in [0, 0.1) is 13.8 Å². The Morgan fingerprint density at radius 1 is 0.833 bits per heavy atom. The summed E-state index contributed by atoms with van der Waals surface area (Å²) >= 11 is 5.28. The highest BCUT2D eigenvalue weighted by Gasteiger charge is 1.98. The first-order valence-corrected chi connectivity index (χ1v) is 9.36. The zero-order valence-electron chi connectivity index (χ0n) is 13.7. The zero-order chi connectivity index (χ0) is 16.9. The largest absolute Gasteiger partial charge is 0.256 e. The molecule has 0 aromatic heterocycles. The lowest BCUT2D eigenvalue weighted by Gasteiger charge is -2.03. The molecule has 0 bridgehead atoms. The second-order valence-electron chi connectivity index (χ2n) is 5.68. The van der Waals surface area contributed by atoms with Gasteiger partial charge in [-0.2, -0.15) is 0 Å². The van der Waals surface area contributed by atoms with Crippen molar-refractivity contribution in [3.63, 3.8) is 0 Å². The smallest absolute Gasteiger partial charge is 0.0633 e. The molecule has 3 aromatic carbocycles. The summed E-state index contributed by atoms with van der Waals surface area (Å²) in [5.41, 5.74) is 4.54. The lowest BCUT2D eigenvalue weighted by Crippen LogP contribution is -1.81. The van der Waals surface area contributed by atoms with Gasteiger partial charge in [-0.25, -0.2) is 0 Å². The van der Waals surface area contributed by atoms with Crippen LogP contribution in [0.5, 0.6) is 0 Å². The minimum absolute atomic E-state index is 0.966. The van der Waals surface area contributed by atoms with E-state index in [2.05, 4.69) is 89.4 Å². The van der Waals surface area contributed by atoms with Crippen LogP contribution in [-0.2, 0) is 0 Å². The fraction of sp³-hybridized carbons (Fsp3) is 0.0952. The maximum absolute atomic E-state index is 4.55. The molecule has 1 nitrogen and oxygen atoms in total. The van der Waals surface area contributed by atoms with E-state index in [0.717, 1.165) is 15.7 Å². The number of hydrogen-bond acceptors (Lipinski definition) is 2. The molecular weight excluding hydrogens is 378 g/mol. The van der Waals surface area contributed by atoms with Crippen LogP contribution in [0.3, 0.4) is 0 Å². The van der Waals surface area contributed by atoms with Crippen LogP contribution >= 0.6 is 27.7 Å². The summed E-state index contributed by atoms with van der Waals surface area (Å²) < 4.78 is 1.11. The summed E-state index contributed by atoms with van der Waals surface area (Å²) in [7, 11) is 0. The third-order valence-electron chi connectivity index (χ3n) is 3.64. The average Bonchev–Trinajstić information content (AvgIpc) is 2.59. The normalized spacial score (nSPS) is 11.1. The predicted molar refractivity (Wildman–Crippen MR) is 108 cm³/mol. The van der Waals surface area contributed by atoms with E-state index in [1.807, 2.05) is 18.3 Å². The maximum atomic E-state index is 4.55. The first-order chi connectivity index (χ1) is 11.6. The summed E-state index contributed by atoms with van der Waals surface area (Å²) in [6.45, 7) is 4.18. The molecule has 24 heavy (non-hydrogen) atoms. The van der Waals surface area contributed by atoms with E-state index in [4.69, 9.17) is 0 Å². The quantitative estimate of drug-likeness (QED) is 0.434. The standard InChI is InChI=1S/C21H18BrNS/c1-15-3-8-19(9-4-15)24-20-10-5-17(6-11-20)14-23-18-7-12-21(22)16(2)13-18/h3-14H,1-2H3. The lowest BCUT2D eigenvalue weighted by atomic mass is 10.2. The van der Waals surface area contributed by atoms with Gasteiger partial charge in [0.2, 0.25) is 0 Å². The Hall–Kier alpha value is -1.84. The maximum Gasteiger partial charge on any atom is 0.0633 e. The van der Waals surface area contributed by atoms with E-state index in [0.29, 0.717) is 0 Å². The highest BCUT2D eigenvalue weighted by Crippen LogP contribution is 2.28. The molecule has 0 saturated carbocycles. The zero-order valence-corrected chi connectivity index (χ0v) is 16.1. The number of hydrogen-bond donors (Lipinski definition) is 0. The first kappa shape index (κ1) is 17.0. The molecule has 0 N–H and O–H groups in total. The summed E-state index contributed by atoms with van der Waals surface area (Å²) in [6.07, 6.45) is 1.91. The van der Waals surface area contributed by atoms with Crippen molar-refractivity contribution in [3.05, 3.63) is 87.9 Å². The number of aryl methyl sites for hydroxylation is 2. The third-order valence-corrected chi connectivity index (χ3v) is 5.55. The lowest BCUT2D eigenvalue weighted by molar-refractivity contribution is 1.36. The average molecular weight is 396 g/mol. The Morgan fingerprint density at radius 3 is 2.08 bits per heavy atom. The molecule has 0 aliphatic carbocycles. The van der Waals surface area contributed by atoms with Gasteiger partial charge in [0, 0.05) is 20.5 Å². The molecule has 0 amide bonds. The van der Waals surface area contributed by atoms with Crippen molar-refractivity contribution in [2.45, 2.75) is 23.6 Å². The molecule has 3 heteroatoms. The Bertz CT molecular complexity index is 852. The SMILES string of the molecule is Cc1ccc(Sc2ccc(C=Nc3ccc(Br)c(C)c3)cc2)cc1. The molecule has 0 unspecified atom stereocenters. The topological polar surface area (TPSA) is 12.4 Å². The van der Waals surface area contributed by atoms with Gasteiger partial charge in [0.25, 0.3) is 0 Å². The van der Waals surface area contributed by atoms with Crippen LogP contribution in [0.25, 0.3) is 0 Å². The van der Waals surface area contributed by atoms with Gasteiger partial charge in [-0.05, 0) is 67.4 Å². The molecular formula is C21H18BrNS. The Morgan fingerprint density at radius 2 is 1.46 bits per heavy atom. The second-order valence-corrected chi connectivity index (χ2v) is 7.68. The molecule has 120 valence electrons. The summed E-state index contributed by atoms with van der Waals surface area (Å²) in [4.78, 5) is 7.04. The van der Waals surface area contributed by atoms with Gasteiger partial charge >= 0.3 is 0 Å². The van der Waals surface area contributed by atoms with Crippen molar-refractivity contribution in [2.75, 3.05) is 0 Å². The van der Waals surface area contributed by atoms with E-state index in [-0.39, 0.29) is 0 Å². The number of benzene rings is 3. The number of halogens is 1. The molecule has 0 heterocycles. The highest BCUT2D eigenvalue weighted by molar-refractivity contribution is 9.10. The Kier molecular flexibility index (Phi) is 5.54.